The van der Waals surface area contributed by atoms with Gasteiger partial charge in [-0.3, -0.25) is 4.98 Å². The van der Waals surface area contributed by atoms with Crippen LogP contribution in [0.4, 0.5) is 0 Å². The molecule has 0 radical (unpaired) electrons. The number of ether oxygens (including phenoxy) is 1. The average molecular weight is 432 g/mol. The first kappa shape index (κ1) is 21.0. The van der Waals surface area contributed by atoms with Crippen LogP contribution in [0.2, 0.25) is 0 Å². The van der Waals surface area contributed by atoms with Crippen LogP contribution < -0.4 is 0 Å². The second kappa shape index (κ2) is 9.35. The standard InChI is InChI=1S/C26H29N3O3/c1-31-15-14-29-12-8-19(9-13-29)25-17-23(18-6-10-27-11-7-18)26(32-25)21-2-4-22-20(16-21)3-5-24(22)28-30/h2,4,6-7,10-11,16-17,19,24H,3,5,8-9,12-15H2,1H3. The fourth-order valence-corrected chi connectivity index (χ4v) is 5.08. The van der Waals surface area contributed by atoms with Crippen molar-refractivity contribution in [1.29, 1.82) is 0 Å². The van der Waals surface area contributed by atoms with Gasteiger partial charge >= 0.3 is 0 Å². The van der Waals surface area contributed by atoms with Gasteiger partial charge in [0.2, 0.25) is 0 Å². The summed E-state index contributed by atoms with van der Waals surface area (Å²) in [4.78, 5) is 17.8. The molecule has 0 amide bonds. The number of benzene rings is 1. The monoisotopic (exact) mass is 431 g/mol. The Labute approximate surface area is 188 Å². The van der Waals surface area contributed by atoms with E-state index >= 15 is 0 Å². The van der Waals surface area contributed by atoms with Gasteiger partial charge in [0.15, 0.2) is 0 Å². The summed E-state index contributed by atoms with van der Waals surface area (Å²) in [5.41, 5.74) is 5.54. The Kier molecular flexibility index (Phi) is 6.14. The summed E-state index contributed by atoms with van der Waals surface area (Å²) in [5, 5.41) is 3.29. The van der Waals surface area contributed by atoms with Crippen LogP contribution in [0.3, 0.4) is 0 Å². The van der Waals surface area contributed by atoms with Crippen molar-refractivity contribution in [2.45, 2.75) is 37.6 Å². The molecule has 6 heteroatoms. The maximum absolute atomic E-state index is 11.1. The van der Waals surface area contributed by atoms with Crippen LogP contribution in [-0.2, 0) is 11.2 Å². The topological polar surface area (TPSA) is 67.9 Å². The Bertz CT molecular complexity index is 1070. The number of furan rings is 1. The SMILES string of the molecule is COCCN1CCC(c2cc(-c3ccncc3)c(-c3ccc4c(c3)CCC4N=O)o2)CC1. The molecule has 2 aromatic heterocycles. The molecule has 0 N–H and O–H groups in total. The number of nitroso groups, excluding NO2 is 1. The van der Waals surface area contributed by atoms with Gasteiger partial charge < -0.3 is 14.1 Å². The number of aryl methyl sites for hydroxylation is 1. The molecule has 1 aliphatic heterocycles. The summed E-state index contributed by atoms with van der Waals surface area (Å²) in [6.45, 7) is 3.89. The molecule has 0 spiro atoms. The number of aromatic nitrogens is 1. The molecule has 1 unspecified atom stereocenters. The molecule has 32 heavy (non-hydrogen) atoms. The van der Waals surface area contributed by atoms with Crippen LogP contribution in [0, 0.1) is 4.91 Å². The minimum absolute atomic E-state index is 0.214. The van der Waals surface area contributed by atoms with Gasteiger partial charge in [0, 0.05) is 43.1 Å². The van der Waals surface area contributed by atoms with E-state index in [-0.39, 0.29) is 6.04 Å². The lowest BCUT2D eigenvalue weighted by Gasteiger charge is -2.30. The number of hydrogen-bond donors (Lipinski definition) is 0. The number of methoxy groups -OCH3 is 1. The van der Waals surface area contributed by atoms with Crippen LogP contribution in [0.25, 0.3) is 22.5 Å². The summed E-state index contributed by atoms with van der Waals surface area (Å²) in [6, 6.07) is 12.4. The van der Waals surface area contributed by atoms with Crippen molar-refractivity contribution < 1.29 is 9.15 Å². The highest BCUT2D eigenvalue weighted by atomic mass is 16.5. The number of fused-ring (bicyclic) bond motifs is 1. The second-order valence-electron chi connectivity index (χ2n) is 8.81. The predicted octanol–water partition coefficient (Wildman–Crippen LogP) is 5.59. The lowest BCUT2D eigenvalue weighted by Crippen LogP contribution is -2.35. The number of rotatable bonds is 7. The van der Waals surface area contributed by atoms with Gasteiger partial charge in [0.25, 0.3) is 0 Å². The third-order valence-corrected chi connectivity index (χ3v) is 6.92. The van der Waals surface area contributed by atoms with E-state index in [0.717, 1.165) is 85.7 Å². The minimum atomic E-state index is -0.214. The van der Waals surface area contributed by atoms with E-state index in [1.54, 1.807) is 7.11 Å². The third kappa shape index (κ3) is 4.12. The summed E-state index contributed by atoms with van der Waals surface area (Å²) >= 11 is 0. The summed E-state index contributed by atoms with van der Waals surface area (Å²) in [5.74, 6) is 2.38. The van der Waals surface area contributed by atoms with Gasteiger partial charge in [-0.2, -0.15) is 4.91 Å². The van der Waals surface area contributed by atoms with Crippen molar-refractivity contribution >= 4 is 0 Å². The van der Waals surface area contributed by atoms with E-state index in [9.17, 15) is 4.91 Å². The van der Waals surface area contributed by atoms with Crippen molar-refractivity contribution in [2.24, 2.45) is 5.18 Å². The summed E-state index contributed by atoms with van der Waals surface area (Å²) in [7, 11) is 1.76. The van der Waals surface area contributed by atoms with Crippen LogP contribution >= 0.6 is 0 Å². The normalized spacial score (nSPS) is 19.2. The fraction of sp³-hybridized carbons (Fsp3) is 0.423. The van der Waals surface area contributed by atoms with E-state index in [0.29, 0.717) is 5.92 Å². The zero-order valence-electron chi connectivity index (χ0n) is 18.5. The molecule has 1 saturated heterocycles. The fourth-order valence-electron chi connectivity index (χ4n) is 5.08. The number of nitrogens with zero attached hydrogens (tertiary/aromatic N) is 3. The van der Waals surface area contributed by atoms with Crippen LogP contribution in [0.5, 0.6) is 0 Å². The first-order chi connectivity index (χ1) is 15.8. The predicted molar refractivity (Wildman–Crippen MR) is 125 cm³/mol. The van der Waals surface area contributed by atoms with Gasteiger partial charge in [-0.1, -0.05) is 17.3 Å². The molecular formula is C26H29N3O3. The maximum Gasteiger partial charge on any atom is 0.142 e. The Hall–Kier alpha value is -2.83. The Morgan fingerprint density at radius 3 is 2.66 bits per heavy atom. The first-order valence-corrected chi connectivity index (χ1v) is 11.5. The number of pyridine rings is 1. The molecule has 1 atom stereocenters. The molecule has 6 nitrogen and oxygen atoms in total. The molecule has 166 valence electrons. The Morgan fingerprint density at radius 2 is 1.91 bits per heavy atom. The quantitative estimate of drug-likeness (QED) is 0.456. The first-order valence-electron chi connectivity index (χ1n) is 11.5. The highest BCUT2D eigenvalue weighted by Gasteiger charge is 2.27. The summed E-state index contributed by atoms with van der Waals surface area (Å²) in [6.07, 6.45) is 7.50. The zero-order valence-corrected chi connectivity index (χ0v) is 18.5. The largest absolute Gasteiger partial charge is 0.460 e. The summed E-state index contributed by atoms with van der Waals surface area (Å²) < 4.78 is 11.8. The average Bonchev–Trinajstić information content (AvgIpc) is 3.48. The Balaban J connectivity index is 1.46. The lowest BCUT2D eigenvalue weighted by atomic mass is 9.93. The second-order valence-corrected chi connectivity index (χ2v) is 8.81. The van der Waals surface area contributed by atoms with Crippen molar-refractivity contribution in [2.75, 3.05) is 33.4 Å². The maximum atomic E-state index is 11.1. The van der Waals surface area contributed by atoms with Crippen molar-refractivity contribution in [1.82, 2.24) is 9.88 Å². The van der Waals surface area contributed by atoms with Crippen LogP contribution in [-0.4, -0.2) is 43.2 Å². The molecule has 5 rings (SSSR count). The molecule has 2 aliphatic rings. The van der Waals surface area contributed by atoms with Gasteiger partial charge in [0.1, 0.15) is 17.6 Å². The molecule has 1 fully saturated rings. The minimum Gasteiger partial charge on any atom is -0.460 e. The van der Waals surface area contributed by atoms with Gasteiger partial charge in [0.05, 0.1) is 6.61 Å². The molecule has 3 heterocycles. The molecule has 1 aliphatic carbocycles. The van der Waals surface area contributed by atoms with E-state index in [2.05, 4.69) is 39.3 Å². The highest BCUT2D eigenvalue weighted by Crippen LogP contribution is 2.42. The van der Waals surface area contributed by atoms with E-state index < -0.39 is 0 Å². The van der Waals surface area contributed by atoms with Crippen LogP contribution in [0.15, 0.2) is 58.4 Å². The number of piperidine rings is 1. The number of hydrogen-bond acceptors (Lipinski definition) is 6. The van der Waals surface area contributed by atoms with Gasteiger partial charge in [-0.15, -0.1) is 0 Å². The van der Waals surface area contributed by atoms with Gasteiger partial charge in [-0.25, -0.2) is 0 Å². The van der Waals surface area contributed by atoms with Crippen molar-refractivity contribution in [3.05, 3.63) is 70.6 Å². The lowest BCUT2D eigenvalue weighted by molar-refractivity contribution is 0.128. The molecule has 0 bridgehead atoms. The van der Waals surface area contributed by atoms with E-state index in [1.165, 1.54) is 5.56 Å². The molecule has 1 aromatic carbocycles. The molecular weight excluding hydrogens is 402 g/mol. The zero-order chi connectivity index (χ0) is 21.9. The third-order valence-electron chi connectivity index (χ3n) is 6.92. The smallest absolute Gasteiger partial charge is 0.142 e. The van der Waals surface area contributed by atoms with Gasteiger partial charge in [-0.05, 0) is 79.7 Å². The van der Waals surface area contributed by atoms with E-state index in [1.807, 2.05) is 24.5 Å². The highest BCUT2D eigenvalue weighted by molar-refractivity contribution is 5.80. The molecule has 3 aromatic rings. The van der Waals surface area contributed by atoms with Crippen molar-refractivity contribution in [3.63, 3.8) is 0 Å². The van der Waals surface area contributed by atoms with Crippen molar-refractivity contribution in [3.8, 4) is 22.5 Å². The van der Waals surface area contributed by atoms with Crippen LogP contribution in [0.1, 0.15) is 48.1 Å². The number of likely N-dealkylation sites (tertiary alicyclic amines) is 1. The molecule has 0 saturated carbocycles. The Morgan fingerprint density at radius 1 is 1.09 bits per heavy atom. The van der Waals surface area contributed by atoms with E-state index in [4.69, 9.17) is 9.15 Å².